The molecular formula is C44H25F2IN6. The lowest BCUT2D eigenvalue weighted by atomic mass is 10.2. The summed E-state index contributed by atoms with van der Waals surface area (Å²) in [5.41, 5.74) is 6.52. The molecule has 0 saturated carbocycles. The van der Waals surface area contributed by atoms with Gasteiger partial charge in [0.25, 0.3) is 0 Å². The smallest absolute Gasteiger partial charge is 0.126 e. The molecule has 0 atom stereocenters. The fourth-order valence-electron chi connectivity index (χ4n) is 5.20. The Morgan fingerprint density at radius 1 is 0.604 bits per heavy atom. The van der Waals surface area contributed by atoms with E-state index in [1.807, 2.05) is 131 Å². The van der Waals surface area contributed by atoms with Crippen LogP contribution in [0.4, 0.5) is 8.78 Å². The Labute approximate surface area is 318 Å². The normalized spacial score (nSPS) is 9.83. The first kappa shape index (κ1) is 35.8. The number of halogens is 3. The van der Waals surface area contributed by atoms with Crippen LogP contribution in [0.15, 0.2) is 146 Å². The Morgan fingerprint density at radius 2 is 1.19 bits per heavy atom. The van der Waals surface area contributed by atoms with Gasteiger partial charge in [0.1, 0.15) is 23.0 Å². The first-order chi connectivity index (χ1) is 25.9. The minimum absolute atomic E-state index is 0.277. The molecule has 6 nitrogen and oxygen atoms in total. The number of nitriles is 2. The third-order valence-electron chi connectivity index (χ3n) is 7.56. The second kappa shape index (κ2) is 17.2. The molecule has 0 saturated heterocycles. The van der Waals surface area contributed by atoms with Gasteiger partial charge in [0.05, 0.1) is 39.9 Å². The third-order valence-corrected chi connectivity index (χ3v) is 8.19. The summed E-state index contributed by atoms with van der Waals surface area (Å²) in [5.74, 6) is 11.6. The largest absolute Gasteiger partial charge is 0.360 e. The minimum atomic E-state index is -0.446. The number of benzene rings is 4. The van der Waals surface area contributed by atoms with Crippen molar-refractivity contribution in [3.05, 3.63) is 195 Å². The molecule has 0 aliphatic heterocycles. The van der Waals surface area contributed by atoms with Crippen LogP contribution in [-0.4, -0.2) is 19.5 Å². The fourth-order valence-corrected chi connectivity index (χ4v) is 5.83. The van der Waals surface area contributed by atoms with E-state index in [1.54, 1.807) is 24.5 Å². The van der Waals surface area contributed by atoms with Crippen molar-refractivity contribution in [1.29, 1.82) is 10.5 Å². The molecule has 0 aliphatic rings. The van der Waals surface area contributed by atoms with E-state index in [-0.39, 0.29) is 11.4 Å². The number of hydrogen-bond acceptors (Lipinski definition) is 4. The number of hydrogen-bond donors (Lipinski definition) is 1. The molecule has 0 spiro atoms. The van der Waals surface area contributed by atoms with Crippen molar-refractivity contribution >= 4 is 44.4 Å². The van der Waals surface area contributed by atoms with Crippen molar-refractivity contribution in [1.82, 2.24) is 19.5 Å². The van der Waals surface area contributed by atoms with Gasteiger partial charge in [0.15, 0.2) is 0 Å². The number of fused-ring (bicyclic) bond motifs is 2. The number of nitrogens with zero attached hydrogens (tertiary/aromatic N) is 5. The average Bonchev–Trinajstić information content (AvgIpc) is 3.78. The van der Waals surface area contributed by atoms with E-state index in [4.69, 9.17) is 10.5 Å². The van der Waals surface area contributed by atoms with E-state index >= 15 is 0 Å². The zero-order chi connectivity index (χ0) is 37.0. The standard InChI is InChI=1S/C22H12FN3.C15H10N2.C7H3FIN/c23-18-11-16(14-24)12-20(13-18)26-15-17(21-6-1-2-7-22(21)26)8-9-19-5-3-4-10-25-19;1-2-7-15-14(6-1)12(11-17-15)8-9-13-5-3-4-10-16-13;8-6-1-5(4-10)2-7(9)3-6/h1-7,10-13,15H;1-7,10-11,17H;1-3H. The molecule has 0 unspecified atom stereocenters. The molecule has 0 amide bonds. The van der Waals surface area contributed by atoms with Crippen LogP contribution >= 0.6 is 22.6 Å². The number of para-hydroxylation sites is 2. The average molecular weight is 803 g/mol. The Kier molecular flexibility index (Phi) is 11.6. The van der Waals surface area contributed by atoms with Crippen LogP contribution in [0.1, 0.15) is 33.6 Å². The molecule has 1 N–H and O–H groups in total. The first-order valence-electron chi connectivity index (χ1n) is 16.0. The molecule has 4 heterocycles. The predicted octanol–water partition coefficient (Wildman–Crippen LogP) is 9.70. The summed E-state index contributed by atoms with van der Waals surface area (Å²) in [4.78, 5) is 11.6. The van der Waals surface area contributed by atoms with Crippen LogP contribution in [0, 0.1) is 61.5 Å². The maximum absolute atomic E-state index is 13.9. The zero-order valence-corrected chi connectivity index (χ0v) is 29.9. The van der Waals surface area contributed by atoms with Crippen LogP contribution < -0.4 is 0 Å². The zero-order valence-electron chi connectivity index (χ0n) is 27.7. The third kappa shape index (κ3) is 9.39. The van der Waals surface area contributed by atoms with Gasteiger partial charge < -0.3 is 9.55 Å². The maximum Gasteiger partial charge on any atom is 0.126 e. The van der Waals surface area contributed by atoms with E-state index in [2.05, 4.69) is 44.7 Å². The first-order valence-corrected chi connectivity index (χ1v) is 17.1. The summed E-state index contributed by atoms with van der Waals surface area (Å²) in [6, 6.07) is 39.5. The predicted molar refractivity (Wildman–Crippen MR) is 211 cm³/mol. The number of aromatic nitrogens is 4. The van der Waals surface area contributed by atoms with E-state index in [0.29, 0.717) is 16.9 Å². The number of aromatic amines is 1. The quantitative estimate of drug-likeness (QED) is 0.132. The van der Waals surface area contributed by atoms with Crippen molar-refractivity contribution in [3.8, 4) is 41.5 Å². The summed E-state index contributed by atoms with van der Waals surface area (Å²) in [5, 5.41) is 19.6. The molecule has 0 radical (unpaired) electrons. The second-order valence-electron chi connectivity index (χ2n) is 11.2. The summed E-state index contributed by atoms with van der Waals surface area (Å²) >= 11 is 1.96. The van der Waals surface area contributed by atoms with Gasteiger partial charge >= 0.3 is 0 Å². The van der Waals surface area contributed by atoms with Crippen molar-refractivity contribution in [2.45, 2.75) is 0 Å². The molecule has 8 rings (SSSR count). The lowest BCUT2D eigenvalue weighted by Crippen LogP contribution is -1.94. The van der Waals surface area contributed by atoms with Gasteiger partial charge in [-0.1, -0.05) is 60.4 Å². The molecule has 8 aromatic rings. The van der Waals surface area contributed by atoms with Gasteiger partial charge in [-0.25, -0.2) is 18.7 Å². The van der Waals surface area contributed by atoms with Crippen LogP contribution in [0.25, 0.3) is 27.5 Å². The monoisotopic (exact) mass is 802 g/mol. The summed E-state index contributed by atoms with van der Waals surface area (Å²) < 4.78 is 28.9. The van der Waals surface area contributed by atoms with Crippen molar-refractivity contribution in [2.75, 3.05) is 0 Å². The van der Waals surface area contributed by atoms with Crippen molar-refractivity contribution in [2.24, 2.45) is 0 Å². The molecule has 0 fully saturated rings. The maximum atomic E-state index is 13.9. The topological polar surface area (TPSA) is 94.1 Å². The van der Waals surface area contributed by atoms with Gasteiger partial charge in [-0.15, -0.1) is 0 Å². The van der Waals surface area contributed by atoms with Crippen molar-refractivity contribution in [3.63, 3.8) is 0 Å². The lowest BCUT2D eigenvalue weighted by molar-refractivity contribution is 0.626. The molecule has 0 bridgehead atoms. The van der Waals surface area contributed by atoms with Crippen molar-refractivity contribution < 1.29 is 8.78 Å². The van der Waals surface area contributed by atoms with E-state index in [9.17, 15) is 8.78 Å². The molecule has 53 heavy (non-hydrogen) atoms. The Morgan fingerprint density at radius 3 is 1.83 bits per heavy atom. The highest BCUT2D eigenvalue weighted by atomic mass is 127. The minimum Gasteiger partial charge on any atom is -0.360 e. The molecule has 0 aliphatic carbocycles. The highest BCUT2D eigenvalue weighted by Crippen LogP contribution is 2.25. The highest BCUT2D eigenvalue weighted by Gasteiger charge is 2.10. The second-order valence-corrected chi connectivity index (χ2v) is 12.4. The Bertz CT molecular complexity index is 2730. The molecular weight excluding hydrogens is 777 g/mol. The van der Waals surface area contributed by atoms with Gasteiger partial charge in [-0.05, 0) is 107 Å². The van der Waals surface area contributed by atoms with Gasteiger partial charge in [-0.3, -0.25) is 0 Å². The van der Waals surface area contributed by atoms with Crippen LogP contribution in [0.2, 0.25) is 0 Å². The molecule has 9 heteroatoms. The van der Waals surface area contributed by atoms with E-state index < -0.39 is 5.82 Å². The number of H-pyrrole nitrogens is 1. The van der Waals surface area contributed by atoms with E-state index in [1.165, 1.54) is 24.3 Å². The van der Waals surface area contributed by atoms with Crippen LogP contribution in [0.3, 0.4) is 0 Å². The number of nitrogens with one attached hydrogen (secondary N) is 1. The summed E-state index contributed by atoms with van der Waals surface area (Å²) in [7, 11) is 0. The lowest BCUT2D eigenvalue weighted by Gasteiger charge is -2.06. The fraction of sp³-hybridized carbons (Fsp3) is 0. The Hall–Kier alpha value is -7.05. The van der Waals surface area contributed by atoms with Gasteiger partial charge in [0.2, 0.25) is 0 Å². The van der Waals surface area contributed by atoms with Crippen LogP contribution in [-0.2, 0) is 0 Å². The number of rotatable bonds is 1. The number of pyridine rings is 2. The molecule has 252 valence electrons. The molecule has 4 aromatic heterocycles. The SMILES string of the molecule is C(#Cc1c[nH]c2ccccc12)c1ccccn1.N#Cc1cc(F)cc(-n2cc(C#Cc3ccccn3)c3ccccc32)c1.N#Cc1cc(F)cc(I)c1. The summed E-state index contributed by atoms with van der Waals surface area (Å²) in [6.45, 7) is 0. The highest BCUT2D eigenvalue weighted by molar-refractivity contribution is 14.1. The van der Waals surface area contributed by atoms with Gasteiger partial charge in [-0.2, -0.15) is 10.5 Å². The Balaban J connectivity index is 0.000000152. The molecule has 4 aromatic carbocycles. The summed E-state index contributed by atoms with van der Waals surface area (Å²) in [6.07, 6.45) is 7.24. The van der Waals surface area contributed by atoms with E-state index in [0.717, 1.165) is 42.2 Å². The van der Waals surface area contributed by atoms with Gasteiger partial charge in [0, 0.05) is 50.3 Å². The van der Waals surface area contributed by atoms with Crippen LogP contribution in [0.5, 0.6) is 0 Å².